The fourth-order valence-electron chi connectivity index (χ4n) is 1.85. The van der Waals surface area contributed by atoms with Crippen molar-refractivity contribution in [3.63, 3.8) is 0 Å². The van der Waals surface area contributed by atoms with E-state index in [1.807, 2.05) is 0 Å². The van der Waals surface area contributed by atoms with Crippen molar-refractivity contribution in [3.8, 4) is 11.1 Å². The highest BCUT2D eigenvalue weighted by Gasteiger charge is 2.20. The molecule has 106 valence electrons. The summed E-state index contributed by atoms with van der Waals surface area (Å²) in [4.78, 5) is 31.8. The van der Waals surface area contributed by atoms with Gasteiger partial charge in [0.15, 0.2) is 0 Å². The van der Waals surface area contributed by atoms with Gasteiger partial charge in [-0.1, -0.05) is 18.2 Å². The van der Waals surface area contributed by atoms with Gasteiger partial charge in [0.2, 0.25) is 0 Å². The highest BCUT2D eigenvalue weighted by molar-refractivity contribution is 5.93. The second-order valence-electron chi connectivity index (χ2n) is 4.18. The van der Waals surface area contributed by atoms with Crippen LogP contribution in [-0.4, -0.2) is 27.1 Å². The zero-order valence-electron chi connectivity index (χ0n) is 10.5. The van der Waals surface area contributed by atoms with Crippen LogP contribution in [0.4, 0.5) is 5.69 Å². The number of carboxylic acids is 2. The normalized spacial score (nSPS) is 10.1. The van der Waals surface area contributed by atoms with Gasteiger partial charge in [0.1, 0.15) is 5.56 Å². The Labute approximate surface area is 118 Å². The highest BCUT2D eigenvalue weighted by Crippen LogP contribution is 2.27. The number of hydrogen-bond donors (Lipinski definition) is 2. The molecule has 7 nitrogen and oxygen atoms in total. The first kappa shape index (κ1) is 14.2. The predicted octanol–water partition coefficient (Wildman–Crippen LogP) is 2.66. The maximum atomic E-state index is 10.9. The zero-order valence-corrected chi connectivity index (χ0v) is 10.5. The molecule has 0 saturated carbocycles. The minimum atomic E-state index is -1.38. The molecule has 0 atom stereocenters. The van der Waals surface area contributed by atoms with E-state index in [1.54, 1.807) is 0 Å². The predicted molar refractivity (Wildman–Crippen MR) is 72.5 cm³/mol. The Bertz CT molecular complexity index is 736. The van der Waals surface area contributed by atoms with Gasteiger partial charge in [0, 0.05) is 6.07 Å². The Kier molecular flexibility index (Phi) is 3.66. The van der Waals surface area contributed by atoms with Crippen LogP contribution in [0.15, 0.2) is 42.5 Å². The molecule has 2 rings (SSSR count). The van der Waals surface area contributed by atoms with Gasteiger partial charge in [-0.25, -0.2) is 9.59 Å². The van der Waals surface area contributed by atoms with E-state index >= 15 is 0 Å². The van der Waals surface area contributed by atoms with Gasteiger partial charge >= 0.3 is 11.9 Å². The van der Waals surface area contributed by atoms with Crippen LogP contribution in [0.25, 0.3) is 11.1 Å². The number of carboxylic acid groups (broad SMARTS) is 2. The lowest BCUT2D eigenvalue weighted by Crippen LogP contribution is -2.02. The Hall–Kier alpha value is -3.22. The summed E-state index contributed by atoms with van der Waals surface area (Å²) in [6.07, 6.45) is 0. The molecule has 0 spiro atoms. The van der Waals surface area contributed by atoms with Crippen LogP contribution in [0.5, 0.6) is 0 Å². The SMILES string of the molecule is O=C(O)c1ccc(-c2ccc(C(=O)O)c([N+](=O)[O-])c2)cc1. The maximum Gasteiger partial charge on any atom is 0.342 e. The van der Waals surface area contributed by atoms with Gasteiger partial charge in [0.25, 0.3) is 5.69 Å². The van der Waals surface area contributed by atoms with Crippen molar-refractivity contribution in [1.82, 2.24) is 0 Å². The Morgan fingerprint density at radius 2 is 1.48 bits per heavy atom. The Morgan fingerprint density at radius 3 is 1.95 bits per heavy atom. The van der Waals surface area contributed by atoms with Crippen molar-refractivity contribution in [3.05, 3.63) is 63.7 Å². The average molecular weight is 287 g/mol. The highest BCUT2D eigenvalue weighted by atomic mass is 16.6. The Balaban J connectivity index is 2.49. The van der Waals surface area contributed by atoms with Crippen LogP contribution in [0.3, 0.4) is 0 Å². The third-order valence-electron chi connectivity index (χ3n) is 2.89. The van der Waals surface area contributed by atoms with Crippen LogP contribution in [0.1, 0.15) is 20.7 Å². The van der Waals surface area contributed by atoms with Crippen LogP contribution in [0.2, 0.25) is 0 Å². The van der Waals surface area contributed by atoms with E-state index in [1.165, 1.54) is 30.3 Å². The second kappa shape index (κ2) is 5.41. The van der Waals surface area contributed by atoms with E-state index in [0.29, 0.717) is 11.1 Å². The number of benzene rings is 2. The number of carbonyl (C=O) groups is 2. The molecule has 0 bridgehead atoms. The molecule has 0 aliphatic rings. The van der Waals surface area contributed by atoms with E-state index in [-0.39, 0.29) is 5.56 Å². The number of hydrogen-bond acceptors (Lipinski definition) is 4. The molecule has 0 aliphatic heterocycles. The molecule has 0 amide bonds. The number of nitro groups is 1. The molecular weight excluding hydrogens is 278 g/mol. The standard InChI is InChI=1S/C14H9NO6/c16-13(17)9-3-1-8(2-4-9)10-5-6-11(14(18)19)12(7-10)15(20)21/h1-7H,(H,16,17)(H,18,19). The van der Waals surface area contributed by atoms with Crippen molar-refractivity contribution >= 4 is 17.6 Å². The molecule has 2 aromatic rings. The topological polar surface area (TPSA) is 118 Å². The minimum Gasteiger partial charge on any atom is -0.478 e. The molecule has 0 heterocycles. The fraction of sp³-hybridized carbons (Fsp3) is 0. The van der Waals surface area contributed by atoms with Crippen molar-refractivity contribution in [2.45, 2.75) is 0 Å². The van der Waals surface area contributed by atoms with E-state index in [9.17, 15) is 19.7 Å². The molecule has 0 fully saturated rings. The molecule has 0 aromatic heterocycles. The van der Waals surface area contributed by atoms with E-state index in [2.05, 4.69) is 0 Å². The summed E-state index contributed by atoms with van der Waals surface area (Å²) < 4.78 is 0. The molecule has 7 heteroatoms. The average Bonchev–Trinajstić information content (AvgIpc) is 2.46. The van der Waals surface area contributed by atoms with Gasteiger partial charge < -0.3 is 10.2 Å². The number of aromatic carboxylic acids is 2. The molecule has 0 radical (unpaired) electrons. The number of nitrogens with zero attached hydrogens (tertiary/aromatic N) is 1. The third-order valence-corrected chi connectivity index (χ3v) is 2.89. The lowest BCUT2D eigenvalue weighted by Gasteiger charge is -2.04. The molecule has 0 saturated heterocycles. The Morgan fingerprint density at radius 1 is 0.905 bits per heavy atom. The van der Waals surface area contributed by atoms with Crippen LogP contribution >= 0.6 is 0 Å². The van der Waals surface area contributed by atoms with Gasteiger partial charge in [0.05, 0.1) is 10.5 Å². The van der Waals surface area contributed by atoms with E-state index in [0.717, 1.165) is 12.1 Å². The van der Waals surface area contributed by atoms with Crippen molar-refractivity contribution < 1.29 is 24.7 Å². The smallest absolute Gasteiger partial charge is 0.342 e. The molecule has 2 N–H and O–H groups in total. The van der Waals surface area contributed by atoms with Crippen LogP contribution in [-0.2, 0) is 0 Å². The lowest BCUT2D eigenvalue weighted by atomic mass is 10.0. The van der Waals surface area contributed by atoms with Gasteiger partial charge in [-0.15, -0.1) is 0 Å². The monoisotopic (exact) mass is 287 g/mol. The van der Waals surface area contributed by atoms with Crippen LogP contribution in [0, 0.1) is 10.1 Å². The van der Waals surface area contributed by atoms with Crippen molar-refractivity contribution in [2.24, 2.45) is 0 Å². The largest absolute Gasteiger partial charge is 0.478 e. The molecule has 21 heavy (non-hydrogen) atoms. The molecule has 0 unspecified atom stereocenters. The first-order chi connectivity index (χ1) is 9.90. The molecular formula is C14H9NO6. The van der Waals surface area contributed by atoms with Crippen molar-refractivity contribution in [1.29, 1.82) is 0 Å². The summed E-state index contributed by atoms with van der Waals surface area (Å²) >= 11 is 0. The van der Waals surface area contributed by atoms with Crippen LogP contribution < -0.4 is 0 Å². The number of nitro benzene ring substituents is 1. The van der Waals surface area contributed by atoms with Gasteiger partial charge in [-0.3, -0.25) is 10.1 Å². The lowest BCUT2D eigenvalue weighted by molar-refractivity contribution is -0.385. The number of rotatable bonds is 4. The summed E-state index contributed by atoms with van der Waals surface area (Å²) in [5, 5.41) is 28.6. The summed E-state index contributed by atoms with van der Waals surface area (Å²) in [7, 11) is 0. The fourth-order valence-corrected chi connectivity index (χ4v) is 1.85. The summed E-state index contributed by atoms with van der Waals surface area (Å²) in [6.45, 7) is 0. The first-order valence-corrected chi connectivity index (χ1v) is 5.75. The summed E-state index contributed by atoms with van der Waals surface area (Å²) in [5.41, 5.74) is 0.173. The second-order valence-corrected chi connectivity index (χ2v) is 4.18. The minimum absolute atomic E-state index is 0.0930. The van der Waals surface area contributed by atoms with E-state index in [4.69, 9.17) is 10.2 Å². The quantitative estimate of drug-likeness (QED) is 0.659. The maximum absolute atomic E-state index is 10.9. The summed E-state index contributed by atoms with van der Waals surface area (Å²) in [5.74, 6) is -2.46. The van der Waals surface area contributed by atoms with Gasteiger partial charge in [-0.05, 0) is 29.3 Å². The van der Waals surface area contributed by atoms with E-state index < -0.39 is 28.1 Å². The molecule has 0 aliphatic carbocycles. The summed E-state index contributed by atoms with van der Waals surface area (Å²) in [6, 6.07) is 9.49. The van der Waals surface area contributed by atoms with Gasteiger partial charge in [-0.2, -0.15) is 0 Å². The first-order valence-electron chi connectivity index (χ1n) is 5.75. The zero-order chi connectivity index (χ0) is 15.6. The molecule has 2 aromatic carbocycles. The third kappa shape index (κ3) is 2.86. The van der Waals surface area contributed by atoms with Crippen molar-refractivity contribution in [2.75, 3.05) is 0 Å².